The monoisotopic (exact) mass is 324 g/mol. The fourth-order valence-electron chi connectivity index (χ4n) is 3.01. The molecule has 1 saturated carbocycles. The lowest BCUT2D eigenvalue weighted by Gasteiger charge is -2.35. The molecule has 1 aliphatic rings. The van der Waals surface area contributed by atoms with Gasteiger partial charge in [0, 0.05) is 23.1 Å². The van der Waals surface area contributed by atoms with E-state index >= 15 is 0 Å². The van der Waals surface area contributed by atoms with Crippen LogP contribution < -0.4 is 5.73 Å². The van der Waals surface area contributed by atoms with E-state index in [4.69, 9.17) is 5.73 Å². The zero-order chi connectivity index (χ0) is 13.8. The Morgan fingerprint density at radius 2 is 1.95 bits per heavy atom. The first-order valence-electron chi connectivity index (χ1n) is 7.34. The lowest BCUT2D eigenvalue weighted by atomic mass is 9.90. The number of nitrogens with two attached hydrogens (primary N) is 1. The van der Waals surface area contributed by atoms with Crippen molar-refractivity contribution in [2.45, 2.75) is 58.2 Å². The van der Waals surface area contributed by atoms with Gasteiger partial charge in [-0.3, -0.25) is 4.90 Å². The van der Waals surface area contributed by atoms with Crippen LogP contribution in [0, 0.1) is 6.92 Å². The number of halogens is 1. The van der Waals surface area contributed by atoms with Crippen molar-refractivity contribution >= 4 is 15.9 Å². The first-order valence-corrected chi connectivity index (χ1v) is 8.14. The van der Waals surface area contributed by atoms with E-state index in [0.29, 0.717) is 12.1 Å². The maximum atomic E-state index is 6.00. The van der Waals surface area contributed by atoms with E-state index in [1.165, 1.54) is 41.3 Å². The van der Waals surface area contributed by atoms with E-state index in [9.17, 15) is 0 Å². The van der Waals surface area contributed by atoms with E-state index in [1.807, 2.05) is 0 Å². The van der Waals surface area contributed by atoms with Gasteiger partial charge in [-0.15, -0.1) is 0 Å². The van der Waals surface area contributed by atoms with E-state index < -0.39 is 0 Å². The summed E-state index contributed by atoms with van der Waals surface area (Å²) in [5.41, 5.74) is 8.74. The first kappa shape index (κ1) is 15.0. The zero-order valence-corrected chi connectivity index (χ0v) is 13.6. The molecule has 1 aliphatic carbocycles. The molecule has 106 valence electrons. The Morgan fingerprint density at radius 3 is 2.53 bits per heavy atom. The molecule has 19 heavy (non-hydrogen) atoms. The van der Waals surface area contributed by atoms with Crippen molar-refractivity contribution in [2.24, 2.45) is 5.73 Å². The maximum absolute atomic E-state index is 6.00. The van der Waals surface area contributed by atoms with Gasteiger partial charge in [-0.25, -0.2) is 0 Å². The molecule has 0 unspecified atom stereocenters. The van der Waals surface area contributed by atoms with Gasteiger partial charge >= 0.3 is 0 Å². The molecule has 1 fully saturated rings. The number of rotatable bonds is 4. The third-order valence-electron chi connectivity index (χ3n) is 4.27. The highest BCUT2D eigenvalue weighted by atomic mass is 79.9. The number of aryl methyl sites for hydroxylation is 1. The molecule has 0 radical (unpaired) electrons. The summed E-state index contributed by atoms with van der Waals surface area (Å²) in [6.45, 7) is 6.60. The summed E-state index contributed by atoms with van der Waals surface area (Å²) in [5, 5.41) is 0. The average Bonchev–Trinajstić information content (AvgIpc) is 2.41. The number of benzene rings is 1. The highest BCUT2D eigenvalue weighted by Crippen LogP contribution is 2.24. The van der Waals surface area contributed by atoms with Crippen molar-refractivity contribution in [3.63, 3.8) is 0 Å². The summed E-state index contributed by atoms with van der Waals surface area (Å²) in [4.78, 5) is 2.61. The number of hydrogen-bond acceptors (Lipinski definition) is 2. The molecule has 0 saturated heterocycles. The predicted molar refractivity (Wildman–Crippen MR) is 85.2 cm³/mol. The van der Waals surface area contributed by atoms with Crippen LogP contribution in [0.25, 0.3) is 0 Å². The first-order chi connectivity index (χ1) is 9.10. The van der Waals surface area contributed by atoms with Crippen molar-refractivity contribution in [1.29, 1.82) is 0 Å². The Kier molecular flexibility index (Phi) is 5.43. The van der Waals surface area contributed by atoms with Gasteiger partial charge < -0.3 is 5.73 Å². The largest absolute Gasteiger partial charge is 0.328 e. The summed E-state index contributed by atoms with van der Waals surface area (Å²) < 4.78 is 1.20. The lowest BCUT2D eigenvalue weighted by molar-refractivity contribution is 0.149. The lowest BCUT2D eigenvalue weighted by Crippen LogP contribution is -2.40. The minimum atomic E-state index is 0.435. The fraction of sp³-hybridized carbons (Fsp3) is 0.625. The molecule has 2 nitrogen and oxygen atoms in total. The molecule has 3 heteroatoms. The molecular formula is C16H25BrN2. The SMILES string of the molecule is CCN(Cc1ccc(Br)c(C)c1)C1CCC(N)CC1. The standard InChI is InChI=1S/C16H25BrN2/c1-3-19(15-7-5-14(18)6-8-15)11-13-4-9-16(17)12(2)10-13/h4,9-10,14-15H,3,5-8,11,18H2,1-2H3. The van der Waals surface area contributed by atoms with Gasteiger partial charge in [0.15, 0.2) is 0 Å². The van der Waals surface area contributed by atoms with Crippen LogP contribution in [0.15, 0.2) is 22.7 Å². The third-order valence-corrected chi connectivity index (χ3v) is 5.16. The maximum Gasteiger partial charge on any atom is 0.0236 e. The summed E-state index contributed by atoms with van der Waals surface area (Å²) in [6.07, 6.45) is 4.87. The summed E-state index contributed by atoms with van der Waals surface area (Å²) >= 11 is 3.57. The van der Waals surface area contributed by atoms with Crippen LogP contribution in [0.1, 0.15) is 43.7 Å². The molecule has 1 aromatic carbocycles. The second-order valence-electron chi connectivity index (χ2n) is 5.72. The van der Waals surface area contributed by atoms with Crippen LogP contribution in [-0.4, -0.2) is 23.5 Å². The fourth-order valence-corrected chi connectivity index (χ4v) is 3.25. The van der Waals surface area contributed by atoms with Crippen LogP contribution in [0.5, 0.6) is 0 Å². The molecule has 0 amide bonds. The number of nitrogens with zero attached hydrogens (tertiary/aromatic N) is 1. The topological polar surface area (TPSA) is 29.3 Å². The summed E-state index contributed by atoms with van der Waals surface area (Å²) in [6, 6.07) is 7.84. The van der Waals surface area contributed by atoms with Crippen LogP contribution in [0.3, 0.4) is 0 Å². The van der Waals surface area contributed by atoms with Gasteiger partial charge in [-0.2, -0.15) is 0 Å². The third kappa shape index (κ3) is 4.04. The van der Waals surface area contributed by atoms with Crippen LogP contribution in [-0.2, 0) is 6.54 Å². The van der Waals surface area contributed by atoms with Gasteiger partial charge in [0.25, 0.3) is 0 Å². The molecule has 0 aromatic heterocycles. The van der Waals surface area contributed by atoms with E-state index in [-0.39, 0.29) is 0 Å². The van der Waals surface area contributed by atoms with E-state index in [2.05, 4.69) is 52.9 Å². The Hall–Kier alpha value is -0.380. The minimum Gasteiger partial charge on any atom is -0.328 e. The minimum absolute atomic E-state index is 0.435. The van der Waals surface area contributed by atoms with Gasteiger partial charge in [0.1, 0.15) is 0 Å². The summed E-state index contributed by atoms with van der Waals surface area (Å²) in [5.74, 6) is 0. The second-order valence-corrected chi connectivity index (χ2v) is 6.57. The molecule has 0 heterocycles. The molecule has 0 aliphatic heterocycles. The molecule has 0 spiro atoms. The molecule has 0 bridgehead atoms. The predicted octanol–water partition coefficient (Wildman–Crippen LogP) is 3.85. The Morgan fingerprint density at radius 1 is 1.26 bits per heavy atom. The molecule has 2 N–H and O–H groups in total. The van der Waals surface area contributed by atoms with Gasteiger partial charge in [0.2, 0.25) is 0 Å². The average molecular weight is 325 g/mol. The Labute approximate surface area is 125 Å². The Bertz CT molecular complexity index is 411. The highest BCUT2D eigenvalue weighted by Gasteiger charge is 2.23. The molecule has 2 rings (SSSR count). The van der Waals surface area contributed by atoms with Gasteiger partial charge in [-0.1, -0.05) is 35.0 Å². The van der Waals surface area contributed by atoms with Crippen LogP contribution in [0.2, 0.25) is 0 Å². The molecular weight excluding hydrogens is 300 g/mol. The normalized spacial score (nSPS) is 23.8. The van der Waals surface area contributed by atoms with Crippen molar-refractivity contribution in [3.05, 3.63) is 33.8 Å². The zero-order valence-electron chi connectivity index (χ0n) is 12.0. The molecule has 1 aromatic rings. The Balaban J connectivity index is 2.00. The van der Waals surface area contributed by atoms with Crippen LogP contribution in [0.4, 0.5) is 0 Å². The summed E-state index contributed by atoms with van der Waals surface area (Å²) in [7, 11) is 0. The van der Waals surface area contributed by atoms with Gasteiger partial charge in [0.05, 0.1) is 0 Å². The second kappa shape index (κ2) is 6.87. The van der Waals surface area contributed by atoms with Crippen molar-refractivity contribution in [1.82, 2.24) is 4.90 Å². The van der Waals surface area contributed by atoms with Crippen molar-refractivity contribution in [2.75, 3.05) is 6.54 Å². The van der Waals surface area contributed by atoms with Crippen molar-refractivity contribution < 1.29 is 0 Å². The van der Waals surface area contributed by atoms with E-state index in [1.54, 1.807) is 0 Å². The smallest absolute Gasteiger partial charge is 0.0236 e. The van der Waals surface area contributed by atoms with Crippen LogP contribution >= 0.6 is 15.9 Å². The highest BCUT2D eigenvalue weighted by molar-refractivity contribution is 9.10. The molecule has 0 atom stereocenters. The van der Waals surface area contributed by atoms with Gasteiger partial charge in [-0.05, 0) is 56.3 Å². The van der Waals surface area contributed by atoms with E-state index in [0.717, 1.165) is 13.1 Å². The number of hydrogen-bond donors (Lipinski definition) is 1. The van der Waals surface area contributed by atoms with Crippen molar-refractivity contribution in [3.8, 4) is 0 Å². The quantitative estimate of drug-likeness (QED) is 0.911.